The number of carbonyl (C=O) groups is 1. The van der Waals surface area contributed by atoms with Gasteiger partial charge in [-0.2, -0.15) is 0 Å². The number of fused-ring (bicyclic) bond motifs is 1. The third-order valence-electron chi connectivity index (χ3n) is 5.47. The van der Waals surface area contributed by atoms with E-state index in [1.807, 2.05) is 18.2 Å². The van der Waals surface area contributed by atoms with E-state index in [9.17, 15) is 14.3 Å². The first-order chi connectivity index (χ1) is 13.0. The monoisotopic (exact) mass is 370 g/mol. The largest absolute Gasteiger partial charge is 0.391 e. The number of hydrogen-bond donors (Lipinski definition) is 2. The number of ether oxygens (including phenoxy) is 1. The van der Waals surface area contributed by atoms with Crippen LogP contribution in [0.1, 0.15) is 29.2 Å². The first-order valence-electron chi connectivity index (χ1n) is 9.23. The van der Waals surface area contributed by atoms with E-state index in [0.717, 1.165) is 17.5 Å². The second kappa shape index (κ2) is 7.38. The van der Waals surface area contributed by atoms with E-state index in [1.165, 1.54) is 17.7 Å². The number of hydrogen-bond acceptors (Lipinski definition) is 4. The Morgan fingerprint density at radius 3 is 2.67 bits per heavy atom. The molecule has 0 aliphatic carbocycles. The van der Waals surface area contributed by atoms with Gasteiger partial charge in [-0.15, -0.1) is 0 Å². The fraction of sp³-hybridized carbons (Fsp3) is 0.381. The van der Waals surface area contributed by atoms with Crippen LogP contribution < -0.4 is 5.73 Å². The Bertz CT molecular complexity index is 826. The van der Waals surface area contributed by atoms with Crippen LogP contribution in [0.5, 0.6) is 0 Å². The molecule has 3 N–H and O–H groups in total. The highest BCUT2D eigenvalue weighted by Gasteiger charge is 2.39. The topological polar surface area (TPSA) is 75.8 Å². The molecule has 4 rings (SSSR count). The fourth-order valence-corrected chi connectivity index (χ4v) is 3.97. The molecule has 2 aromatic rings. The highest BCUT2D eigenvalue weighted by atomic mass is 19.1. The van der Waals surface area contributed by atoms with E-state index in [4.69, 9.17) is 10.5 Å². The zero-order valence-electron chi connectivity index (χ0n) is 14.9. The standard InChI is InChI=1S/C21H23FN2O3/c22-15-7-5-14(6-8-15)20-16-4-2-1-3-13(16)9-10-24(20)21(26)19-11-18(25)17(23)12-27-19/h1-8,17-20,25H,9-12,23H2/t17-,18-,19+,20+/m1/s1. The van der Waals surface area contributed by atoms with E-state index in [0.29, 0.717) is 6.54 Å². The average molecular weight is 370 g/mol. The van der Waals surface area contributed by atoms with Gasteiger partial charge in [-0.3, -0.25) is 4.79 Å². The molecule has 0 bridgehead atoms. The minimum Gasteiger partial charge on any atom is -0.391 e. The van der Waals surface area contributed by atoms with Crippen LogP contribution in [-0.4, -0.2) is 47.3 Å². The maximum atomic E-state index is 13.4. The molecule has 2 aliphatic rings. The summed E-state index contributed by atoms with van der Waals surface area (Å²) in [6, 6.07) is 13.5. The highest BCUT2D eigenvalue weighted by molar-refractivity contribution is 5.82. The van der Waals surface area contributed by atoms with Gasteiger partial charge in [-0.1, -0.05) is 36.4 Å². The predicted molar refractivity (Wildman–Crippen MR) is 98.4 cm³/mol. The second-order valence-electron chi connectivity index (χ2n) is 7.22. The van der Waals surface area contributed by atoms with Crippen molar-refractivity contribution in [2.75, 3.05) is 13.2 Å². The van der Waals surface area contributed by atoms with Gasteiger partial charge in [-0.05, 0) is 35.2 Å². The van der Waals surface area contributed by atoms with E-state index < -0.39 is 18.2 Å². The Morgan fingerprint density at radius 2 is 1.93 bits per heavy atom. The molecule has 1 amide bonds. The van der Waals surface area contributed by atoms with Crippen LogP contribution in [0.15, 0.2) is 48.5 Å². The van der Waals surface area contributed by atoms with E-state index >= 15 is 0 Å². The number of aliphatic hydroxyl groups excluding tert-OH is 1. The van der Waals surface area contributed by atoms with Gasteiger partial charge in [0.25, 0.3) is 5.91 Å². The molecule has 27 heavy (non-hydrogen) atoms. The molecular weight excluding hydrogens is 347 g/mol. The number of benzene rings is 2. The Labute approximate surface area is 157 Å². The molecule has 0 unspecified atom stereocenters. The number of halogens is 1. The summed E-state index contributed by atoms with van der Waals surface area (Å²) in [6.07, 6.45) is -0.537. The molecule has 0 saturated carbocycles. The third kappa shape index (κ3) is 3.48. The summed E-state index contributed by atoms with van der Waals surface area (Å²) < 4.78 is 19.1. The average Bonchev–Trinajstić information content (AvgIpc) is 2.69. The summed E-state index contributed by atoms with van der Waals surface area (Å²) in [7, 11) is 0. The van der Waals surface area contributed by atoms with Crippen LogP contribution in [0.4, 0.5) is 4.39 Å². The molecule has 1 saturated heterocycles. The fourth-order valence-electron chi connectivity index (χ4n) is 3.97. The molecule has 2 aromatic carbocycles. The summed E-state index contributed by atoms with van der Waals surface area (Å²) in [6.45, 7) is 0.698. The van der Waals surface area contributed by atoms with Crippen molar-refractivity contribution in [2.45, 2.75) is 37.1 Å². The summed E-state index contributed by atoms with van der Waals surface area (Å²) in [5, 5.41) is 10.0. The molecule has 0 radical (unpaired) electrons. The summed E-state index contributed by atoms with van der Waals surface area (Å²) in [5.41, 5.74) is 8.85. The van der Waals surface area contributed by atoms with Crippen molar-refractivity contribution in [2.24, 2.45) is 5.73 Å². The molecule has 142 valence electrons. The smallest absolute Gasteiger partial charge is 0.252 e. The minimum absolute atomic E-state index is 0.156. The Morgan fingerprint density at radius 1 is 1.19 bits per heavy atom. The highest BCUT2D eigenvalue weighted by Crippen LogP contribution is 2.36. The summed E-state index contributed by atoms with van der Waals surface area (Å²) in [5.74, 6) is -0.474. The lowest BCUT2D eigenvalue weighted by molar-refractivity contribution is -0.154. The number of rotatable bonds is 2. The summed E-state index contributed by atoms with van der Waals surface area (Å²) >= 11 is 0. The van der Waals surface area contributed by atoms with E-state index in [-0.39, 0.29) is 30.8 Å². The number of nitrogens with two attached hydrogens (primary N) is 1. The number of aliphatic hydroxyl groups is 1. The van der Waals surface area contributed by atoms with Crippen molar-refractivity contribution in [1.82, 2.24) is 4.90 Å². The molecule has 0 spiro atoms. The lowest BCUT2D eigenvalue weighted by Crippen LogP contribution is -2.53. The lowest BCUT2D eigenvalue weighted by atomic mass is 9.87. The maximum Gasteiger partial charge on any atom is 0.252 e. The van der Waals surface area contributed by atoms with Gasteiger partial charge < -0.3 is 20.5 Å². The number of carbonyl (C=O) groups excluding carboxylic acids is 1. The molecule has 0 aromatic heterocycles. The van der Waals surface area contributed by atoms with Crippen LogP contribution in [0, 0.1) is 5.82 Å². The van der Waals surface area contributed by atoms with Crippen LogP contribution >= 0.6 is 0 Å². The Balaban J connectivity index is 1.68. The van der Waals surface area contributed by atoms with Crippen LogP contribution in [0.3, 0.4) is 0 Å². The molecule has 1 fully saturated rings. The maximum absolute atomic E-state index is 13.4. The van der Waals surface area contributed by atoms with E-state index in [1.54, 1.807) is 17.0 Å². The third-order valence-corrected chi connectivity index (χ3v) is 5.47. The zero-order valence-corrected chi connectivity index (χ0v) is 14.9. The van der Waals surface area contributed by atoms with Gasteiger partial charge in [0, 0.05) is 13.0 Å². The van der Waals surface area contributed by atoms with Crippen LogP contribution in [-0.2, 0) is 16.0 Å². The number of amides is 1. The minimum atomic E-state index is -0.756. The normalized spacial score (nSPS) is 27.9. The van der Waals surface area contributed by atoms with Crippen LogP contribution in [0.2, 0.25) is 0 Å². The van der Waals surface area contributed by atoms with Crippen molar-refractivity contribution < 1.29 is 19.0 Å². The van der Waals surface area contributed by atoms with Crippen LogP contribution in [0.25, 0.3) is 0 Å². The Kier molecular flexibility index (Phi) is 4.95. The molecule has 5 nitrogen and oxygen atoms in total. The molecular formula is C21H23FN2O3. The van der Waals surface area contributed by atoms with Gasteiger partial charge >= 0.3 is 0 Å². The first kappa shape index (κ1) is 18.1. The SMILES string of the molecule is N[C@@H]1CO[C@H](C(=O)N2CCc3ccccc3[C@@H]2c2ccc(F)cc2)C[C@H]1O. The van der Waals surface area contributed by atoms with Crippen molar-refractivity contribution in [3.05, 3.63) is 71.0 Å². The van der Waals surface area contributed by atoms with Gasteiger partial charge in [-0.25, -0.2) is 4.39 Å². The number of nitrogens with zero attached hydrogens (tertiary/aromatic N) is 1. The lowest BCUT2D eigenvalue weighted by Gasteiger charge is -2.41. The van der Waals surface area contributed by atoms with Crippen molar-refractivity contribution in [1.29, 1.82) is 0 Å². The summed E-state index contributed by atoms with van der Waals surface area (Å²) in [4.78, 5) is 15.0. The van der Waals surface area contributed by atoms with Gasteiger partial charge in [0.2, 0.25) is 0 Å². The second-order valence-corrected chi connectivity index (χ2v) is 7.22. The van der Waals surface area contributed by atoms with Gasteiger partial charge in [0.1, 0.15) is 11.9 Å². The van der Waals surface area contributed by atoms with Crippen molar-refractivity contribution in [3.63, 3.8) is 0 Å². The first-order valence-corrected chi connectivity index (χ1v) is 9.23. The van der Waals surface area contributed by atoms with Gasteiger partial charge in [0.05, 0.1) is 24.8 Å². The Hall–Kier alpha value is -2.28. The van der Waals surface area contributed by atoms with Crippen molar-refractivity contribution >= 4 is 5.91 Å². The molecule has 6 heteroatoms. The van der Waals surface area contributed by atoms with Crippen molar-refractivity contribution in [3.8, 4) is 0 Å². The zero-order chi connectivity index (χ0) is 19.0. The molecule has 2 aliphatic heterocycles. The predicted octanol–water partition coefficient (Wildman–Crippen LogP) is 1.78. The van der Waals surface area contributed by atoms with E-state index in [2.05, 4.69) is 6.07 Å². The molecule has 4 atom stereocenters. The quantitative estimate of drug-likeness (QED) is 0.845. The molecule has 2 heterocycles. The van der Waals surface area contributed by atoms with Gasteiger partial charge in [0.15, 0.2) is 0 Å².